The molecule has 2 rings (SSSR count). The van der Waals surface area contributed by atoms with E-state index in [0.29, 0.717) is 11.3 Å². The summed E-state index contributed by atoms with van der Waals surface area (Å²) in [5.41, 5.74) is 1.42. The second-order valence-electron chi connectivity index (χ2n) is 5.53. The van der Waals surface area contributed by atoms with Crippen LogP contribution in [0.3, 0.4) is 0 Å². The topological polar surface area (TPSA) is 50.4 Å². The van der Waals surface area contributed by atoms with Crippen LogP contribution in [0.4, 0.5) is 17.6 Å². The fraction of sp³-hybridized carbons (Fsp3) is 0.278. The quantitative estimate of drug-likeness (QED) is 0.736. The van der Waals surface area contributed by atoms with Crippen LogP contribution in [0, 0.1) is 5.82 Å². The standard InChI is InChI=1S/C18H18F4N2O2/c1-26-15-8-4-13(5-9-15)17(12-2-6-14(19)7-3-12)23-10-16(25)24-11-18(20,21)22/h2-9,17,23H,10-11H2,1H3,(H,24,25). The third kappa shape index (κ3) is 6.03. The number of nitrogens with one attached hydrogen (secondary N) is 2. The van der Waals surface area contributed by atoms with Crippen molar-refractivity contribution in [1.82, 2.24) is 10.6 Å². The molecule has 0 fully saturated rings. The Hall–Kier alpha value is -2.61. The Morgan fingerprint density at radius 3 is 2.08 bits per heavy atom. The average Bonchev–Trinajstić information content (AvgIpc) is 2.61. The predicted octanol–water partition coefficient (Wildman–Crippen LogP) is 3.19. The van der Waals surface area contributed by atoms with E-state index in [2.05, 4.69) is 5.32 Å². The van der Waals surface area contributed by atoms with E-state index < -0.39 is 30.5 Å². The molecule has 0 aromatic heterocycles. The Balaban J connectivity index is 2.12. The van der Waals surface area contributed by atoms with Crippen molar-refractivity contribution in [3.63, 3.8) is 0 Å². The first-order chi connectivity index (χ1) is 12.3. The van der Waals surface area contributed by atoms with Crippen LogP contribution in [-0.4, -0.2) is 32.3 Å². The molecule has 1 atom stereocenters. The largest absolute Gasteiger partial charge is 0.497 e. The monoisotopic (exact) mass is 370 g/mol. The van der Waals surface area contributed by atoms with Crippen LogP contribution in [0.15, 0.2) is 48.5 Å². The van der Waals surface area contributed by atoms with Crippen LogP contribution in [0.5, 0.6) is 5.75 Å². The van der Waals surface area contributed by atoms with E-state index in [9.17, 15) is 22.4 Å². The first-order valence-electron chi connectivity index (χ1n) is 7.75. The summed E-state index contributed by atoms with van der Waals surface area (Å²) < 4.78 is 54.8. The van der Waals surface area contributed by atoms with Gasteiger partial charge in [0.2, 0.25) is 5.91 Å². The molecule has 0 saturated heterocycles. The Morgan fingerprint density at radius 2 is 1.58 bits per heavy atom. The maximum Gasteiger partial charge on any atom is 0.405 e. The molecule has 1 amide bonds. The second-order valence-corrected chi connectivity index (χ2v) is 5.53. The van der Waals surface area contributed by atoms with E-state index in [1.54, 1.807) is 41.7 Å². The van der Waals surface area contributed by atoms with Crippen LogP contribution in [0.25, 0.3) is 0 Å². The normalized spacial score (nSPS) is 12.5. The molecule has 0 aliphatic carbocycles. The highest BCUT2D eigenvalue weighted by Gasteiger charge is 2.27. The molecule has 1 unspecified atom stereocenters. The van der Waals surface area contributed by atoms with Gasteiger partial charge in [0.05, 0.1) is 19.7 Å². The molecule has 2 aromatic carbocycles. The lowest BCUT2D eigenvalue weighted by Gasteiger charge is -2.20. The fourth-order valence-corrected chi connectivity index (χ4v) is 2.34. The molecule has 0 radical (unpaired) electrons. The van der Waals surface area contributed by atoms with Crippen molar-refractivity contribution in [2.45, 2.75) is 12.2 Å². The number of amides is 1. The van der Waals surface area contributed by atoms with E-state index in [4.69, 9.17) is 4.74 Å². The first-order valence-corrected chi connectivity index (χ1v) is 7.75. The zero-order valence-corrected chi connectivity index (χ0v) is 13.9. The summed E-state index contributed by atoms with van der Waals surface area (Å²) in [6, 6.07) is 12.1. The van der Waals surface area contributed by atoms with E-state index in [1.807, 2.05) is 0 Å². The van der Waals surface area contributed by atoms with Crippen molar-refractivity contribution < 1.29 is 27.1 Å². The van der Waals surface area contributed by atoms with Gasteiger partial charge in [0.1, 0.15) is 18.1 Å². The smallest absolute Gasteiger partial charge is 0.405 e. The van der Waals surface area contributed by atoms with Gasteiger partial charge in [0.25, 0.3) is 0 Å². The molecule has 0 saturated carbocycles. The molecule has 0 heterocycles. The molecular formula is C18H18F4N2O2. The maximum absolute atomic E-state index is 13.2. The van der Waals surface area contributed by atoms with Crippen LogP contribution in [-0.2, 0) is 4.79 Å². The van der Waals surface area contributed by atoms with Gasteiger partial charge in [-0.2, -0.15) is 13.2 Å². The molecular weight excluding hydrogens is 352 g/mol. The predicted molar refractivity (Wildman–Crippen MR) is 88.3 cm³/mol. The number of alkyl halides is 3. The van der Waals surface area contributed by atoms with Gasteiger partial charge < -0.3 is 10.1 Å². The minimum absolute atomic E-state index is 0.329. The van der Waals surface area contributed by atoms with Crippen molar-refractivity contribution in [2.75, 3.05) is 20.2 Å². The molecule has 2 N–H and O–H groups in total. The number of benzene rings is 2. The number of hydrogen-bond donors (Lipinski definition) is 2. The summed E-state index contributed by atoms with van der Waals surface area (Å²) in [5, 5.41) is 4.70. The SMILES string of the molecule is COc1ccc(C(NCC(=O)NCC(F)(F)F)c2ccc(F)cc2)cc1. The van der Waals surface area contributed by atoms with Crippen LogP contribution in [0.2, 0.25) is 0 Å². The summed E-state index contributed by atoms with van der Waals surface area (Å²) in [6.45, 7) is -1.72. The Kier molecular flexibility index (Phi) is 6.57. The molecule has 140 valence electrons. The van der Waals surface area contributed by atoms with Crippen molar-refractivity contribution in [1.29, 1.82) is 0 Å². The molecule has 2 aromatic rings. The van der Waals surface area contributed by atoms with E-state index in [-0.39, 0.29) is 6.54 Å². The number of hydrogen-bond acceptors (Lipinski definition) is 3. The Bertz CT molecular complexity index is 715. The van der Waals surface area contributed by atoms with Crippen molar-refractivity contribution in [2.24, 2.45) is 0 Å². The number of carbonyl (C=O) groups excluding carboxylic acids is 1. The van der Waals surface area contributed by atoms with Gasteiger partial charge in [-0.05, 0) is 35.4 Å². The highest BCUT2D eigenvalue weighted by molar-refractivity contribution is 5.78. The van der Waals surface area contributed by atoms with Gasteiger partial charge in [-0.25, -0.2) is 4.39 Å². The molecule has 0 aliphatic rings. The van der Waals surface area contributed by atoms with E-state index in [1.165, 1.54) is 19.2 Å². The molecule has 0 bridgehead atoms. The average molecular weight is 370 g/mol. The van der Waals surface area contributed by atoms with Gasteiger partial charge in [-0.15, -0.1) is 0 Å². The fourth-order valence-electron chi connectivity index (χ4n) is 2.34. The zero-order chi connectivity index (χ0) is 19.2. The van der Waals surface area contributed by atoms with Gasteiger partial charge in [-0.3, -0.25) is 10.1 Å². The zero-order valence-electron chi connectivity index (χ0n) is 13.9. The Morgan fingerprint density at radius 1 is 1.04 bits per heavy atom. The lowest BCUT2D eigenvalue weighted by atomic mass is 9.98. The van der Waals surface area contributed by atoms with Crippen molar-refractivity contribution in [3.8, 4) is 5.75 Å². The minimum atomic E-state index is -4.47. The number of carbonyl (C=O) groups is 1. The van der Waals surface area contributed by atoms with Gasteiger partial charge in [0.15, 0.2) is 0 Å². The number of halogens is 4. The number of methoxy groups -OCH3 is 1. The molecule has 4 nitrogen and oxygen atoms in total. The van der Waals surface area contributed by atoms with Crippen LogP contribution < -0.4 is 15.4 Å². The third-order valence-corrected chi connectivity index (χ3v) is 3.61. The lowest BCUT2D eigenvalue weighted by Crippen LogP contribution is -2.40. The summed E-state index contributed by atoms with van der Waals surface area (Å²) in [5.74, 6) is -0.567. The lowest BCUT2D eigenvalue weighted by molar-refractivity contribution is -0.137. The molecule has 0 spiro atoms. The highest BCUT2D eigenvalue weighted by atomic mass is 19.4. The maximum atomic E-state index is 13.2. The van der Waals surface area contributed by atoms with E-state index >= 15 is 0 Å². The third-order valence-electron chi connectivity index (χ3n) is 3.61. The van der Waals surface area contributed by atoms with Gasteiger partial charge >= 0.3 is 6.18 Å². The van der Waals surface area contributed by atoms with Gasteiger partial charge in [-0.1, -0.05) is 24.3 Å². The Labute approximate surface area is 148 Å². The van der Waals surface area contributed by atoms with Crippen molar-refractivity contribution in [3.05, 3.63) is 65.5 Å². The summed E-state index contributed by atoms with van der Waals surface area (Å²) in [4.78, 5) is 11.7. The molecule has 26 heavy (non-hydrogen) atoms. The number of rotatable bonds is 7. The molecule has 8 heteroatoms. The minimum Gasteiger partial charge on any atom is -0.497 e. The van der Waals surface area contributed by atoms with Crippen LogP contribution >= 0.6 is 0 Å². The number of ether oxygens (including phenoxy) is 1. The first kappa shape index (κ1) is 19.7. The van der Waals surface area contributed by atoms with Gasteiger partial charge in [0, 0.05) is 0 Å². The van der Waals surface area contributed by atoms with E-state index in [0.717, 1.165) is 5.56 Å². The summed E-state index contributed by atoms with van der Waals surface area (Å²) in [6.07, 6.45) is -4.47. The highest BCUT2D eigenvalue weighted by Crippen LogP contribution is 2.24. The molecule has 0 aliphatic heterocycles. The summed E-state index contributed by atoms with van der Waals surface area (Å²) >= 11 is 0. The second kappa shape index (κ2) is 8.66. The summed E-state index contributed by atoms with van der Waals surface area (Å²) in [7, 11) is 1.52. The van der Waals surface area contributed by atoms with Crippen LogP contribution in [0.1, 0.15) is 17.2 Å². The van der Waals surface area contributed by atoms with Crippen molar-refractivity contribution >= 4 is 5.91 Å².